The van der Waals surface area contributed by atoms with E-state index in [1.54, 1.807) is 0 Å². The molecule has 0 saturated heterocycles. The quantitative estimate of drug-likeness (QED) is 0.568. The molecular formula is C17H18N2O7S. The van der Waals surface area contributed by atoms with Gasteiger partial charge in [0.25, 0.3) is 15.9 Å². The number of carbonyl (C=O) groups excluding carboxylic acids is 1. The molecule has 0 bridgehead atoms. The molecule has 0 atom stereocenters. The van der Waals surface area contributed by atoms with Crippen LogP contribution < -0.4 is 19.7 Å². The van der Waals surface area contributed by atoms with Crippen LogP contribution in [0, 0.1) is 0 Å². The Balaban J connectivity index is 2.10. The molecule has 0 aromatic heterocycles. The van der Waals surface area contributed by atoms with Crippen molar-refractivity contribution in [2.75, 3.05) is 14.2 Å². The Labute approximate surface area is 155 Å². The zero-order valence-electron chi connectivity index (χ0n) is 14.6. The van der Waals surface area contributed by atoms with Gasteiger partial charge in [0.1, 0.15) is 11.5 Å². The molecule has 0 spiro atoms. The predicted molar refractivity (Wildman–Crippen MR) is 95.1 cm³/mol. The van der Waals surface area contributed by atoms with Crippen LogP contribution in [0.5, 0.6) is 11.5 Å². The van der Waals surface area contributed by atoms with Gasteiger partial charge >= 0.3 is 5.97 Å². The number of sulfonamides is 1. The first kappa shape index (κ1) is 20.2. The molecule has 9 nitrogen and oxygen atoms in total. The number of ether oxygens (including phenoxy) is 2. The second-order valence-corrected chi connectivity index (χ2v) is 7.02. The van der Waals surface area contributed by atoms with Crippen molar-refractivity contribution in [3.05, 3.63) is 53.6 Å². The normalized spacial score (nSPS) is 10.9. The third kappa shape index (κ3) is 5.19. The topological polar surface area (TPSA) is 131 Å². The van der Waals surface area contributed by atoms with Gasteiger partial charge in [0, 0.05) is 6.07 Å². The van der Waals surface area contributed by atoms with Crippen LogP contribution in [0.1, 0.15) is 15.9 Å². The molecule has 2 aromatic carbocycles. The smallest absolute Gasteiger partial charge is 0.307 e. The van der Waals surface area contributed by atoms with Crippen LogP contribution in [0.2, 0.25) is 0 Å². The van der Waals surface area contributed by atoms with Gasteiger partial charge < -0.3 is 14.6 Å². The summed E-state index contributed by atoms with van der Waals surface area (Å²) >= 11 is 0. The zero-order valence-corrected chi connectivity index (χ0v) is 15.4. The van der Waals surface area contributed by atoms with Crippen molar-refractivity contribution < 1.29 is 32.6 Å². The van der Waals surface area contributed by atoms with Gasteiger partial charge in [0.05, 0.1) is 31.1 Å². The molecule has 0 fully saturated rings. The van der Waals surface area contributed by atoms with E-state index in [4.69, 9.17) is 14.6 Å². The molecular weight excluding hydrogens is 376 g/mol. The Hall–Kier alpha value is -3.11. The summed E-state index contributed by atoms with van der Waals surface area (Å²) in [5, 5.41) is 8.73. The summed E-state index contributed by atoms with van der Waals surface area (Å²) in [7, 11) is -1.20. The summed E-state index contributed by atoms with van der Waals surface area (Å²) in [4.78, 5) is 24.8. The van der Waals surface area contributed by atoms with E-state index in [-0.39, 0.29) is 22.6 Å². The molecule has 0 unspecified atom stereocenters. The second kappa shape index (κ2) is 8.52. The summed E-state index contributed by atoms with van der Waals surface area (Å²) < 4.78 is 34.7. The zero-order chi connectivity index (χ0) is 20.0. The molecule has 0 heterocycles. The molecule has 27 heavy (non-hydrogen) atoms. The van der Waals surface area contributed by atoms with E-state index >= 15 is 0 Å². The van der Waals surface area contributed by atoms with Crippen LogP contribution in [0.3, 0.4) is 0 Å². The van der Waals surface area contributed by atoms with Crippen LogP contribution >= 0.6 is 0 Å². The Bertz CT molecular complexity index is 940. The molecule has 2 rings (SSSR count). The Kier molecular flexibility index (Phi) is 6.37. The van der Waals surface area contributed by atoms with Crippen molar-refractivity contribution in [3.8, 4) is 11.5 Å². The van der Waals surface area contributed by atoms with Gasteiger partial charge in [-0.2, -0.15) is 0 Å². The van der Waals surface area contributed by atoms with Crippen LogP contribution in [0.25, 0.3) is 0 Å². The summed E-state index contributed by atoms with van der Waals surface area (Å²) in [6.07, 6.45) is -0.220. The maximum absolute atomic E-state index is 12.3. The number of nitrogens with one attached hydrogen (secondary N) is 2. The Morgan fingerprint density at radius 2 is 1.70 bits per heavy atom. The van der Waals surface area contributed by atoms with Gasteiger partial charge in [-0.3, -0.25) is 15.0 Å². The fourth-order valence-electron chi connectivity index (χ4n) is 2.19. The predicted octanol–water partition coefficient (Wildman–Crippen LogP) is 0.954. The van der Waals surface area contributed by atoms with E-state index in [0.29, 0.717) is 11.3 Å². The third-order valence-corrected chi connectivity index (χ3v) is 4.80. The molecule has 0 aliphatic rings. The first-order chi connectivity index (χ1) is 12.8. The van der Waals surface area contributed by atoms with Gasteiger partial charge in [-0.25, -0.2) is 8.42 Å². The minimum Gasteiger partial charge on any atom is -0.497 e. The first-order valence-corrected chi connectivity index (χ1v) is 9.10. The molecule has 144 valence electrons. The van der Waals surface area contributed by atoms with Gasteiger partial charge in [-0.1, -0.05) is 12.1 Å². The molecule has 0 aliphatic carbocycles. The lowest BCUT2D eigenvalue weighted by Crippen LogP contribution is -2.41. The number of hydrogen-bond donors (Lipinski definition) is 3. The lowest BCUT2D eigenvalue weighted by atomic mass is 10.2. The lowest BCUT2D eigenvalue weighted by molar-refractivity contribution is -0.136. The molecule has 10 heteroatoms. The second-order valence-electron chi connectivity index (χ2n) is 5.34. The number of carboxylic acids is 1. The highest BCUT2D eigenvalue weighted by molar-refractivity contribution is 7.89. The minimum absolute atomic E-state index is 0.109. The van der Waals surface area contributed by atoms with Crippen molar-refractivity contribution >= 4 is 21.9 Å². The number of hydrogen-bond acceptors (Lipinski definition) is 6. The molecule has 0 aliphatic heterocycles. The Morgan fingerprint density at radius 1 is 1.04 bits per heavy atom. The summed E-state index contributed by atoms with van der Waals surface area (Å²) in [6.45, 7) is 0. The average molecular weight is 394 g/mol. The molecule has 0 radical (unpaired) electrons. The van der Waals surface area contributed by atoms with Crippen molar-refractivity contribution in [2.45, 2.75) is 11.3 Å². The van der Waals surface area contributed by atoms with Crippen LogP contribution in [-0.2, 0) is 21.2 Å². The highest BCUT2D eigenvalue weighted by Crippen LogP contribution is 2.24. The average Bonchev–Trinajstić information content (AvgIpc) is 2.65. The number of carboxylic acid groups (broad SMARTS) is 1. The monoisotopic (exact) mass is 394 g/mol. The number of hydrazine groups is 1. The number of benzene rings is 2. The summed E-state index contributed by atoms with van der Waals surface area (Å²) in [5.74, 6) is -1.06. The number of amides is 1. The van der Waals surface area contributed by atoms with Gasteiger partial charge in [-0.05, 0) is 29.8 Å². The van der Waals surface area contributed by atoms with E-state index in [0.717, 1.165) is 0 Å². The van der Waals surface area contributed by atoms with Crippen LogP contribution in [0.15, 0.2) is 47.4 Å². The molecule has 0 saturated carbocycles. The third-order valence-electron chi connectivity index (χ3n) is 3.54. The largest absolute Gasteiger partial charge is 0.497 e. The fraction of sp³-hybridized carbons (Fsp3) is 0.176. The van der Waals surface area contributed by atoms with E-state index in [2.05, 4.69) is 5.43 Å². The van der Waals surface area contributed by atoms with Crippen LogP contribution in [-0.4, -0.2) is 39.6 Å². The van der Waals surface area contributed by atoms with E-state index < -0.39 is 21.9 Å². The SMILES string of the molecule is COc1ccc(C(=O)NNS(=O)(=O)c2ccc(CC(=O)O)cc2)c(OC)c1. The number of methoxy groups -OCH3 is 2. The Morgan fingerprint density at radius 3 is 2.26 bits per heavy atom. The highest BCUT2D eigenvalue weighted by atomic mass is 32.2. The maximum atomic E-state index is 12.3. The number of aliphatic carboxylic acids is 1. The van der Waals surface area contributed by atoms with Crippen molar-refractivity contribution in [3.63, 3.8) is 0 Å². The van der Waals surface area contributed by atoms with Gasteiger partial charge in [0.15, 0.2) is 0 Å². The van der Waals surface area contributed by atoms with Crippen molar-refractivity contribution in [1.29, 1.82) is 0 Å². The van der Waals surface area contributed by atoms with Crippen molar-refractivity contribution in [1.82, 2.24) is 10.3 Å². The summed E-state index contributed by atoms with van der Waals surface area (Å²) in [5.41, 5.74) is 2.67. The van der Waals surface area contributed by atoms with Crippen LogP contribution in [0.4, 0.5) is 0 Å². The minimum atomic E-state index is -4.04. The lowest BCUT2D eigenvalue weighted by Gasteiger charge is -2.12. The number of rotatable bonds is 8. The van der Waals surface area contributed by atoms with E-state index in [1.165, 1.54) is 56.7 Å². The molecule has 3 N–H and O–H groups in total. The standard InChI is InChI=1S/C17H18N2O7S/c1-25-12-5-8-14(15(10-12)26-2)17(22)18-19-27(23,24)13-6-3-11(4-7-13)9-16(20)21/h3-8,10,19H,9H2,1-2H3,(H,18,22)(H,20,21). The van der Waals surface area contributed by atoms with Gasteiger partial charge in [0.2, 0.25) is 0 Å². The van der Waals surface area contributed by atoms with Crippen molar-refractivity contribution in [2.24, 2.45) is 0 Å². The first-order valence-electron chi connectivity index (χ1n) is 7.61. The molecule has 1 amide bonds. The van der Waals surface area contributed by atoms with Gasteiger partial charge in [-0.15, -0.1) is 4.83 Å². The fourth-order valence-corrected chi connectivity index (χ4v) is 3.03. The highest BCUT2D eigenvalue weighted by Gasteiger charge is 2.18. The van der Waals surface area contributed by atoms with E-state index in [9.17, 15) is 18.0 Å². The van der Waals surface area contributed by atoms with E-state index in [1.807, 2.05) is 4.83 Å². The maximum Gasteiger partial charge on any atom is 0.307 e. The molecule has 2 aromatic rings. The number of carbonyl (C=O) groups is 2. The summed E-state index contributed by atoms with van der Waals surface area (Å²) in [6, 6.07) is 9.73.